The summed E-state index contributed by atoms with van der Waals surface area (Å²) in [6.45, 7) is 0.171. The van der Waals surface area contributed by atoms with Gasteiger partial charge in [0.25, 0.3) is 0 Å². The van der Waals surface area contributed by atoms with Crippen LogP contribution >= 0.6 is 11.6 Å². The zero-order valence-corrected chi connectivity index (χ0v) is 15.9. The van der Waals surface area contributed by atoms with E-state index in [9.17, 15) is 18.0 Å². The lowest BCUT2D eigenvalue weighted by molar-refractivity contribution is -0.137. The monoisotopic (exact) mass is 431 g/mol. The molecular weight excluding hydrogens is 419 g/mol. The van der Waals surface area contributed by atoms with Gasteiger partial charge in [-0.05, 0) is 29.8 Å². The number of aromatic nitrogens is 2. The Hall–Kier alpha value is -3.46. The van der Waals surface area contributed by atoms with Gasteiger partial charge < -0.3 is 5.32 Å². The number of halogens is 4. The zero-order chi connectivity index (χ0) is 21.3. The maximum Gasteiger partial charge on any atom is 0.417 e. The second-order valence-electron chi connectivity index (χ2n) is 6.44. The van der Waals surface area contributed by atoms with Gasteiger partial charge in [0.05, 0.1) is 29.0 Å². The Labute approximate surface area is 174 Å². The molecule has 0 atom stereocenters. The van der Waals surface area contributed by atoms with Crippen molar-refractivity contribution in [2.75, 3.05) is 5.32 Å². The highest BCUT2D eigenvalue weighted by molar-refractivity contribution is 6.33. The number of pyridine rings is 2. The minimum Gasteiger partial charge on any atom is -0.306 e. The Kier molecular flexibility index (Phi) is 5.13. The van der Waals surface area contributed by atoms with E-state index in [1.807, 2.05) is 0 Å². The summed E-state index contributed by atoms with van der Waals surface area (Å²) in [6.07, 6.45) is 0.962. The molecule has 0 saturated carbocycles. The highest BCUT2D eigenvalue weighted by Crippen LogP contribution is 2.35. The highest BCUT2D eigenvalue weighted by atomic mass is 35.5. The van der Waals surface area contributed by atoms with E-state index in [0.717, 1.165) is 17.8 Å². The smallest absolute Gasteiger partial charge is 0.306 e. The number of nitrogens with zero attached hydrogens (tertiary/aromatic N) is 4. The molecule has 1 aliphatic rings. The first-order valence-electron chi connectivity index (χ1n) is 8.70. The van der Waals surface area contributed by atoms with Gasteiger partial charge in [0.15, 0.2) is 0 Å². The number of nitrogens with one attached hydrogen (secondary N) is 1. The normalized spacial score (nSPS) is 14.0. The molecular formula is C20H13ClF3N5O. The van der Waals surface area contributed by atoms with Crippen molar-refractivity contribution in [3.05, 3.63) is 76.7 Å². The molecule has 2 amide bonds. The Morgan fingerprint density at radius 3 is 2.73 bits per heavy atom. The number of anilines is 1. The average Bonchev–Trinajstić information content (AvgIpc) is 2.72. The van der Waals surface area contributed by atoms with Gasteiger partial charge in [0, 0.05) is 35.4 Å². The van der Waals surface area contributed by atoms with Crippen LogP contribution < -0.4 is 5.32 Å². The van der Waals surface area contributed by atoms with Gasteiger partial charge in [-0.25, -0.2) is 9.80 Å². The minimum atomic E-state index is -4.53. The number of urea groups is 1. The van der Waals surface area contributed by atoms with Crippen LogP contribution in [0.1, 0.15) is 16.7 Å². The SMILES string of the molecule is O=C1Nc2ccc(-c3ncc(C(F)(F)F)cc3Cl)cc2CN1/N=C/c1cccnc1. The third-order valence-electron chi connectivity index (χ3n) is 4.37. The van der Waals surface area contributed by atoms with Crippen LogP contribution in [0.5, 0.6) is 0 Å². The van der Waals surface area contributed by atoms with Crippen LogP contribution in [-0.4, -0.2) is 27.2 Å². The topological polar surface area (TPSA) is 70.5 Å². The first kappa shape index (κ1) is 19.8. The van der Waals surface area contributed by atoms with Gasteiger partial charge in [-0.15, -0.1) is 0 Å². The molecule has 3 heterocycles. The highest BCUT2D eigenvalue weighted by Gasteiger charge is 2.32. The summed E-state index contributed by atoms with van der Waals surface area (Å²) in [5.41, 5.74) is 1.85. The second kappa shape index (κ2) is 7.75. The van der Waals surface area contributed by atoms with E-state index < -0.39 is 17.8 Å². The number of carbonyl (C=O) groups excluding carboxylic acids is 1. The van der Waals surface area contributed by atoms with Crippen LogP contribution in [0.25, 0.3) is 11.3 Å². The number of hydrogen-bond donors (Lipinski definition) is 1. The van der Waals surface area contributed by atoms with Crippen LogP contribution in [-0.2, 0) is 12.7 Å². The fraction of sp³-hybridized carbons (Fsp3) is 0.100. The summed E-state index contributed by atoms with van der Waals surface area (Å²) in [5, 5.41) is 8.03. The summed E-state index contributed by atoms with van der Waals surface area (Å²) in [4.78, 5) is 20.1. The fourth-order valence-electron chi connectivity index (χ4n) is 2.89. The average molecular weight is 432 g/mol. The first-order chi connectivity index (χ1) is 14.3. The molecule has 152 valence electrons. The molecule has 4 rings (SSSR count). The van der Waals surface area contributed by atoms with Gasteiger partial charge in [0.1, 0.15) is 0 Å². The van der Waals surface area contributed by atoms with Crippen LogP contribution in [0.15, 0.2) is 60.1 Å². The Morgan fingerprint density at radius 1 is 1.20 bits per heavy atom. The van der Waals surface area contributed by atoms with Crippen molar-refractivity contribution in [1.29, 1.82) is 0 Å². The summed E-state index contributed by atoms with van der Waals surface area (Å²) < 4.78 is 38.5. The maximum absolute atomic E-state index is 12.8. The van der Waals surface area contributed by atoms with Crippen molar-refractivity contribution in [3.8, 4) is 11.3 Å². The minimum absolute atomic E-state index is 0.115. The number of amides is 2. The van der Waals surface area contributed by atoms with Gasteiger partial charge in [-0.3, -0.25) is 9.97 Å². The Bertz CT molecular complexity index is 1140. The lowest BCUT2D eigenvalue weighted by Crippen LogP contribution is -2.35. The summed E-state index contributed by atoms with van der Waals surface area (Å²) >= 11 is 6.05. The van der Waals surface area contributed by atoms with Gasteiger partial charge in [-0.1, -0.05) is 23.7 Å². The molecule has 0 radical (unpaired) electrons. The van der Waals surface area contributed by atoms with E-state index in [-0.39, 0.29) is 17.3 Å². The van der Waals surface area contributed by atoms with Gasteiger partial charge in [0.2, 0.25) is 0 Å². The molecule has 0 fully saturated rings. The van der Waals surface area contributed by atoms with E-state index in [4.69, 9.17) is 11.6 Å². The second-order valence-corrected chi connectivity index (χ2v) is 6.85. The summed E-state index contributed by atoms with van der Waals surface area (Å²) in [7, 11) is 0. The predicted octanol–water partition coefficient (Wildman–Crippen LogP) is 5.20. The third kappa shape index (κ3) is 4.11. The molecule has 1 aromatic carbocycles. The van der Waals surface area contributed by atoms with E-state index in [1.54, 1.807) is 42.7 Å². The summed E-state index contributed by atoms with van der Waals surface area (Å²) in [5.74, 6) is 0. The Balaban J connectivity index is 1.61. The van der Waals surface area contributed by atoms with E-state index in [1.165, 1.54) is 11.2 Å². The fourth-order valence-corrected chi connectivity index (χ4v) is 3.17. The van der Waals surface area contributed by atoms with Crippen molar-refractivity contribution >= 4 is 29.5 Å². The molecule has 1 N–H and O–H groups in total. The molecule has 2 aromatic heterocycles. The van der Waals surface area contributed by atoms with Crippen molar-refractivity contribution in [1.82, 2.24) is 15.0 Å². The van der Waals surface area contributed by atoms with Crippen LogP contribution in [0.3, 0.4) is 0 Å². The largest absolute Gasteiger partial charge is 0.417 e. The molecule has 6 nitrogen and oxygen atoms in total. The summed E-state index contributed by atoms with van der Waals surface area (Å²) in [6, 6.07) is 8.98. The first-order valence-corrected chi connectivity index (χ1v) is 9.07. The van der Waals surface area contributed by atoms with E-state index in [2.05, 4.69) is 20.4 Å². The van der Waals surface area contributed by atoms with E-state index >= 15 is 0 Å². The van der Waals surface area contributed by atoms with Crippen LogP contribution in [0, 0.1) is 0 Å². The van der Waals surface area contributed by atoms with Crippen molar-refractivity contribution in [2.45, 2.75) is 12.7 Å². The number of carbonyl (C=O) groups is 1. The van der Waals surface area contributed by atoms with E-state index in [0.29, 0.717) is 16.8 Å². The molecule has 30 heavy (non-hydrogen) atoms. The van der Waals surface area contributed by atoms with Crippen molar-refractivity contribution in [3.63, 3.8) is 0 Å². The van der Waals surface area contributed by atoms with Crippen molar-refractivity contribution < 1.29 is 18.0 Å². The molecule has 10 heteroatoms. The van der Waals surface area contributed by atoms with Crippen molar-refractivity contribution in [2.24, 2.45) is 5.10 Å². The molecule has 1 aliphatic heterocycles. The molecule has 0 spiro atoms. The van der Waals surface area contributed by atoms with Gasteiger partial charge >= 0.3 is 12.2 Å². The van der Waals surface area contributed by atoms with Gasteiger partial charge in [-0.2, -0.15) is 18.3 Å². The maximum atomic E-state index is 12.8. The standard InChI is InChI=1S/C20H13ClF3N5O/c21-16-7-15(20(22,23)24)10-26-18(16)13-3-4-17-14(6-13)11-29(19(30)28-17)27-9-12-2-1-5-25-8-12/h1-10H,11H2,(H,28,30)/b27-9+. The lowest BCUT2D eigenvalue weighted by atomic mass is 10.0. The molecule has 0 aliphatic carbocycles. The number of rotatable bonds is 3. The van der Waals surface area contributed by atoms with Crippen LogP contribution in [0.4, 0.5) is 23.7 Å². The number of alkyl halides is 3. The number of hydrazone groups is 1. The molecule has 0 unspecified atom stereocenters. The number of hydrogen-bond acceptors (Lipinski definition) is 4. The van der Waals surface area contributed by atoms with Crippen LogP contribution in [0.2, 0.25) is 5.02 Å². The molecule has 0 bridgehead atoms. The quantitative estimate of drug-likeness (QED) is 0.579. The molecule has 0 saturated heterocycles. The Morgan fingerprint density at radius 2 is 2.03 bits per heavy atom. The predicted molar refractivity (Wildman–Crippen MR) is 106 cm³/mol. The third-order valence-corrected chi connectivity index (χ3v) is 4.66. The number of benzene rings is 1. The number of fused-ring (bicyclic) bond motifs is 1. The zero-order valence-electron chi connectivity index (χ0n) is 15.2. The lowest BCUT2D eigenvalue weighted by Gasteiger charge is -2.25. The molecule has 3 aromatic rings.